The van der Waals surface area contributed by atoms with E-state index < -0.39 is 12.1 Å². The molecule has 0 N–H and O–H groups in total. The first-order valence-electron chi connectivity index (χ1n) is 8.54. The van der Waals surface area contributed by atoms with Gasteiger partial charge in [0, 0.05) is 45.0 Å². The standard InChI is InChI=1S/C17H28N4O3/c1-5-20-11-8-18-17(20)15(24-13(2)22)12-16(23)21-9-6-14(7-10-21)19(3)4/h8,11,14-15H,5-7,9-10,12H2,1-4H3. The molecule has 0 aliphatic carbocycles. The lowest BCUT2D eigenvalue weighted by Gasteiger charge is -2.35. The molecule has 2 rings (SSSR count). The van der Waals surface area contributed by atoms with Crippen molar-refractivity contribution in [3.8, 4) is 0 Å². The second-order valence-electron chi connectivity index (χ2n) is 6.45. The van der Waals surface area contributed by atoms with E-state index in [4.69, 9.17) is 4.74 Å². The number of aromatic nitrogens is 2. The molecule has 134 valence electrons. The fraction of sp³-hybridized carbons (Fsp3) is 0.706. The van der Waals surface area contributed by atoms with Gasteiger partial charge < -0.3 is 19.1 Å². The summed E-state index contributed by atoms with van der Waals surface area (Å²) in [5.74, 6) is 0.248. The zero-order valence-electron chi connectivity index (χ0n) is 15.1. The number of hydrogen-bond donors (Lipinski definition) is 0. The predicted molar refractivity (Wildman–Crippen MR) is 90.3 cm³/mol. The molecule has 1 unspecified atom stereocenters. The van der Waals surface area contributed by atoms with Crippen LogP contribution in [0.3, 0.4) is 0 Å². The van der Waals surface area contributed by atoms with Gasteiger partial charge >= 0.3 is 5.97 Å². The normalized spacial score (nSPS) is 17.1. The number of nitrogens with zero attached hydrogens (tertiary/aromatic N) is 4. The zero-order valence-corrected chi connectivity index (χ0v) is 15.1. The number of likely N-dealkylation sites (tertiary alicyclic amines) is 1. The number of carbonyl (C=O) groups is 2. The summed E-state index contributed by atoms with van der Waals surface area (Å²) in [5.41, 5.74) is 0. The Hall–Kier alpha value is -1.89. The molecular formula is C17H28N4O3. The van der Waals surface area contributed by atoms with Gasteiger partial charge in [0.25, 0.3) is 0 Å². The molecular weight excluding hydrogens is 308 g/mol. The highest BCUT2D eigenvalue weighted by Crippen LogP contribution is 2.23. The molecule has 7 heteroatoms. The van der Waals surface area contributed by atoms with Gasteiger partial charge in [0.05, 0.1) is 6.42 Å². The van der Waals surface area contributed by atoms with Crippen molar-refractivity contribution in [3.63, 3.8) is 0 Å². The number of carbonyl (C=O) groups excluding carboxylic acids is 2. The summed E-state index contributed by atoms with van der Waals surface area (Å²) in [7, 11) is 4.15. The number of imidazole rings is 1. The fourth-order valence-electron chi connectivity index (χ4n) is 3.18. The Kier molecular flexibility index (Phi) is 6.36. The van der Waals surface area contributed by atoms with Gasteiger partial charge in [-0.15, -0.1) is 0 Å². The maximum absolute atomic E-state index is 12.6. The molecule has 1 amide bonds. The summed E-state index contributed by atoms with van der Waals surface area (Å²) in [6, 6.07) is 0.525. The highest BCUT2D eigenvalue weighted by atomic mass is 16.5. The molecule has 0 spiro atoms. The van der Waals surface area contributed by atoms with Crippen molar-refractivity contribution < 1.29 is 14.3 Å². The average molecular weight is 336 g/mol. The lowest BCUT2D eigenvalue weighted by molar-refractivity contribution is -0.150. The highest BCUT2D eigenvalue weighted by molar-refractivity contribution is 5.77. The van der Waals surface area contributed by atoms with Crippen LogP contribution in [0.4, 0.5) is 0 Å². The van der Waals surface area contributed by atoms with Crippen LogP contribution in [-0.4, -0.2) is 64.5 Å². The van der Waals surface area contributed by atoms with Crippen molar-refractivity contribution in [1.29, 1.82) is 0 Å². The molecule has 1 atom stereocenters. The molecule has 1 saturated heterocycles. The van der Waals surface area contributed by atoms with E-state index in [9.17, 15) is 9.59 Å². The Labute approximate surface area is 143 Å². The SMILES string of the molecule is CCn1ccnc1C(CC(=O)N1CCC(N(C)C)CC1)OC(C)=O. The third-order valence-corrected chi connectivity index (χ3v) is 4.59. The van der Waals surface area contributed by atoms with Gasteiger partial charge in [-0.05, 0) is 33.9 Å². The van der Waals surface area contributed by atoms with Crippen molar-refractivity contribution in [2.24, 2.45) is 0 Å². The smallest absolute Gasteiger partial charge is 0.303 e. The van der Waals surface area contributed by atoms with Crippen molar-refractivity contribution in [3.05, 3.63) is 18.2 Å². The van der Waals surface area contributed by atoms with Crippen molar-refractivity contribution in [1.82, 2.24) is 19.4 Å². The van der Waals surface area contributed by atoms with E-state index in [1.165, 1.54) is 6.92 Å². The van der Waals surface area contributed by atoms with Crippen LogP contribution in [-0.2, 0) is 20.9 Å². The number of esters is 1. The van der Waals surface area contributed by atoms with Gasteiger partial charge in [-0.25, -0.2) is 4.98 Å². The van der Waals surface area contributed by atoms with E-state index in [1.54, 1.807) is 6.20 Å². The summed E-state index contributed by atoms with van der Waals surface area (Å²) in [6.45, 7) is 5.56. The van der Waals surface area contributed by atoms with E-state index >= 15 is 0 Å². The number of aryl methyl sites for hydroxylation is 1. The molecule has 2 heterocycles. The zero-order chi connectivity index (χ0) is 17.7. The molecule has 0 radical (unpaired) electrons. The van der Waals surface area contributed by atoms with Crippen LogP contribution in [0.2, 0.25) is 0 Å². The van der Waals surface area contributed by atoms with Gasteiger partial charge in [0.1, 0.15) is 0 Å². The van der Waals surface area contributed by atoms with Gasteiger partial charge in [0.15, 0.2) is 11.9 Å². The van der Waals surface area contributed by atoms with Crippen LogP contribution in [0.5, 0.6) is 0 Å². The molecule has 1 aliphatic rings. The lowest BCUT2D eigenvalue weighted by atomic mass is 10.0. The van der Waals surface area contributed by atoms with Crippen LogP contribution in [0.15, 0.2) is 12.4 Å². The Morgan fingerprint density at radius 3 is 2.58 bits per heavy atom. The second-order valence-corrected chi connectivity index (χ2v) is 6.45. The third-order valence-electron chi connectivity index (χ3n) is 4.59. The maximum Gasteiger partial charge on any atom is 0.303 e. The molecule has 7 nitrogen and oxygen atoms in total. The van der Waals surface area contributed by atoms with Crippen molar-refractivity contribution in [2.45, 2.75) is 51.8 Å². The van der Waals surface area contributed by atoms with E-state index in [0.29, 0.717) is 11.9 Å². The Morgan fingerprint density at radius 2 is 2.04 bits per heavy atom. The first-order chi connectivity index (χ1) is 11.4. The molecule has 1 fully saturated rings. The first kappa shape index (κ1) is 18.4. The monoisotopic (exact) mass is 336 g/mol. The van der Waals surface area contributed by atoms with Crippen LogP contribution in [0.1, 0.15) is 45.0 Å². The van der Waals surface area contributed by atoms with Crippen LogP contribution in [0, 0.1) is 0 Å². The minimum atomic E-state index is -0.628. The predicted octanol–water partition coefficient (Wildman–Crippen LogP) is 1.45. The summed E-state index contributed by atoms with van der Waals surface area (Å²) in [4.78, 5) is 32.4. The molecule has 1 aromatic rings. The topological polar surface area (TPSA) is 67.7 Å². The van der Waals surface area contributed by atoms with Crippen molar-refractivity contribution in [2.75, 3.05) is 27.2 Å². The van der Waals surface area contributed by atoms with E-state index in [-0.39, 0.29) is 12.3 Å². The summed E-state index contributed by atoms with van der Waals surface area (Å²) >= 11 is 0. The van der Waals surface area contributed by atoms with Gasteiger partial charge in [-0.2, -0.15) is 0 Å². The molecule has 0 bridgehead atoms. The first-order valence-corrected chi connectivity index (χ1v) is 8.54. The molecule has 24 heavy (non-hydrogen) atoms. The quantitative estimate of drug-likeness (QED) is 0.736. The van der Waals surface area contributed by atoms with Crippen LogP contribution < -0.4 is 0 Å². The number of ether oxygens (including phenoxy) is 1. The van der Waals surface area contributed by atoms with E-state index in [0.717, 1.165) is 32.5 Å². The average Bonchev–Trinajstić information content (AvgIpc) is 3.02. The molecule has 1 aromatic heterocycles. The number of piperidine rings is 1. The molecule has 0 aromatic carbocycles. The number of amides is 1. The van der Waals surface area contributed by atoms with E-state index in [2.05, 4.69) is 24.0 Å². The molecule has 0 saturated carbocycles. The van der Waals surface area contributed by atoms with Gasteiger partial charge in [0.2, 0.25) is 5.91 Å². The maximum atomic E-state index is 12.6. The summed E-state index contributed by atoms with van der Waals surface area (Å²) < 4.78 is 7.28. The minimum Gasteiger partial charge on any atom is -0.454 e. The number of hydrogen-bond acceptors (Lipinski definition) is 5. The largest absolute Gasteiger partial charge is 0.454 e. The van der Waals surface area contributed by atoms with Crippen LogP contribution in [0.25, 0.3) is 0 Å². The highest BCUT2D eigenvalue weighted by Gasteiger charge is 2.29. The minimum absolute atomic E-state index is 0.0177. The number of rotatable bonds is 6. The van der Waals surface area contributed by atoms with E-state index in [1.807, 2.05) is 22.6 Å². The summed E-state index contributed by atoms with van der Waals surface area (Å²) in [5, 5.41) is 0. The Bertz CT molecular complexity index is 562. The Morgan fingerprint density at radius 1 is 1.38 bits per heavy atom. The van der Waals surface area contributed by atoms with Crippen molar-refractivity contribution >= 4 is 11.9 Å². The fourth-order valence-corrected chi connectivity index (χ4v) is 3.18. The van der Waals surface area contributed by atoms with Crippen LogP contribution >= 0.6 is 0 Å². The summed E-state index contributed by atoms with van der Waals surface area (Å²) in [6.07, 6.45) is 4.96. The Balaban J connectivity index is 2.02. The second kappa shape index (κ2) is 8.28. The van der Waals surface area contributed by atoms with Gasteiger partial charge in [-0.1, -0.05) is 0 Å². The third kappa shape index (κ3) is 4.56. The lowest BCUT2D eigenvalue weighted by Crippen LogP contribution is -2.44. The van der Waals surface area contributed by atoms with Gasteiger partial charge in [-0.3, -0.25) is 9.59 Å². The molecule has 1 aliphatic heterocycles.